The van der Waals surface area contributed by atoms with Crippen molar-refractivity contribution in [3.8, 4) is 5.69 Å². The van der Waals surface area contributed by atoms with Gasteiger partial charge in [-0.1, -0.05) is 6.92 Å². The number of hydrogen-bond donors (Lipinski definition) is 1. The van der Waals surface area contributed by atoms with Crippen molar-refractivity contribution in [2.45, 2.75) is 13.3 Å². The van der Waals surface area contributed by atoms with E-state index in [-0.39, 0.29) is 11.5 Å². The number of nitrogens with two attached hydrogens (primary N) is 1. The van der Waals surface area contributed by atoms with Crippen molar-refractivity contribution in [1.82, 2.24) is 19.5 Å². The second-order valence-corrected chi connectivity index (χ2v) is 3.54. The van der Waals surface area contributed by atoms with Crippen LogP contribution in [0, 0.1) is 0 Å². The summed E-state index contributed by atoms with van der Waals surface area (Å²) in [5, 5.41) is 0. The van der Waals surface area contributed by atoms with Crippen LogP contribution in [0.3, 0.4) is 0 Å². The Labute approximate surface area is 104 Å². The Morgan fingerprint density at radius 2 is 2.11 bits per heavy atom. The predicted molar refractivity (Wildman–Crippen MR) is 64.3 cm³/mol. The summed E-state index contributed by atoms with van der Waals surface area (Å²) in [6.45, 7) is 1.92. The van der Waals surface area contributed by atoms with Crippen molar-refractivity contribution in [1.29, 1.82) is 0 Å². The van der Waals surface area contributed by atoms with Gasteiger partial charge in [-0.05, 0) is 0 Å². The highest BCUT2D eigenvalue weighted by molar-refractivity contribution is 5.92. The molecule has 7 heteroatoms. The molecule has 0 aliphatic carbocycles. The molecule has 0 unspecified atom stereocenters. The summed E-state index contributed by atoms with van der Waals surface area (Å²) in [7, 11) is 1.29. The minimum atomic E-state index is -0.558. The maximum atomic E-state index is 11.5. The molecule has 0 saturated carbocycles. The fourth-order valence-corrected chi connectivity index (χ4v) is 1.66. The topological polar surface area (TPSA) is 95.9 Å². The van der Waals surface area contributed by atoms with Gasteiger partial charge in [0.05, 0.1) is 25.2 Å². The zero-order valence-corrected chi connectivity index (χ0v) is 10.1. The summed E-state index contributed by atoms with van der Waals surface area (Å²) >= 11 is 0. The molecule has 0 atom stereocenters. The minimum absolute atomic E-state index is 0.109. The molecule has 94 valence electrons. The third kappa shape index (κ3) is 1.90. The molecule has 0 bridgehead atoms. The van der Waals surface area contributed by atoms with Gasteiger partial charge in [0.25, 0.3) is 0 Å². The van der Waals surface area contributed by atoms with E-state index in [2.05, 4.69) is 19.7 Å². The summed E-state index contributed by atoms with van der Waals surface area (Å²) in [4.78, 5) is 23.6. The lowest BCUT2D eigenvalue weighted by Gasteiger charge is -2.07. The summed E-state index contributed by atoms with van der Waals surface area (Å²) in [6.07, 6.45) is 5.25. The van der Waals surface area contributed by atoms with Crippen LogP contribution in [0.1, 0.15) is 23.2 Å². The molecule has 0 radical (unpaired) electrons. The number of aryl methyl sites for hydroxylation is 1. The average Bonchev–Trinajstić information content (AvgIpc) is 2.75. The van der Waals surface area contributed by atoms with Crippen molar-refractivity contribution in [2.75, 3.05) is 12.8 Å². The third-order valence-electron chi connectivity index (χ3n) is 2.48. The molecule has 2 heterocycles. The molecule has 0 spiro atoms. The number of rotatable bonds is 3. The highest BCUT2D eigenvalue weighted by Gasteiger charge is 2.21. The van der Waals surface area contributed by atoms with E-state index in [0.717, 1.165) is 0 Å². The quantitative estimate of drug-likeness (QED) is 0.797. The molecule has 0 fully saturated rings. The Hall–Kier alpha value is -2.44. The summed E-state index contributed by atoms with van der Waals surface area (Å²) in [5.41, 5.74) is 6.70. The number of carbonyl (C=O) groups is 1. The highest BCUT2D eigenvalue weighted by Crippen LogP contribution is 2.20. The van der Waals surface area contributed by atoms with E-state index in [1.165, 1.54) is 13.4 Å². The van der Waals surface area contributed by atoms with Crippen LogP contribution in [0.2, 0.25) is 0 Å². The van der Waals surface area contributed by atoms with Gasteiger partial charge in [-0.15, -0.1) is 0 Å². The molecule has 0 amide bonds. The molecular formula is C11H13N5O2. The largest absolute Gasteiger partial charge is 0.464 e. The fourth-order valence-electron chi connectivity index (χ4n) is 1.66. The van der Waals surface area contributed by atoms with Crippen LogP contribution in [0.4, 0.5) is 5.82 Å². The lowest BCUT2D eigenvalue weighted by molar-refractivity contribution is 0.0596. The molecular weight excluding hydrogens is 234 g/mol. The van der Waals surface area contributed by atoms with Crippen LogP contribution in [0.5, 0.6) is 0 Å². The zero-order chi connectivity index (χ0) is 13.1. The van der Waals surface area contributed by atoms with Crippen LogP contribution in [0.25, 0.3) is 5.69 Å². The number of imidazole rings is 1. The first-order valence-electron chi connectivity index (χ1n) is 5.39. The first-order valence-corrected chi connectivity index (χ1v) is 5.39. The van der Waals surface area contributed by atoms with Crippen LogP contribution < -0.4 is 5.73 Å². The van der Waals surface area contributed by atoms with E-state index < -0.39 is 5.97 Å². The van der Waals surface area contributed by atoms with Gasteiger partial charge >= 0.3 is 5.97 Å². The minimum Gasteiger partial charge on any atom is -0.464 e. The van der Waals surface area contributed by atoms with Crippen molar-refractivity contribution in [2.24, 2.45) is 0 Å². The monoisotopic (exact) mass is 247 g/mol. The smallest absolute Gasteiger partial charge is 0.360 e. The second-order valence-electron chi connectivity index (χ2n) is 3.54. The molecule has 2 rings (SSSR count). The van der Waals surface area contributed by atoms with Crippen LogP contribution in [-0.4, -0.2) is 32.6 Å². The predicted octanol–water partition coefficient (Wildman–Crippen LogP) is 0.594. The number of ether oxygens (including phenoxy) is 1. The van der Waals surface area contributed by atoms with Crippen molar-refractivity contribution >= 4 is 11.8 Å². The number of carbonyl (C=O) groups excluding carboxylic acids is 1. The van der Waals surface area contributed by atoms with Crippen molar-refractivity contribution < 1.29 is 9.53 Å². The number of hydrogen-bond acceptors (Lipinski definition) is 6. The van der Waals surface area contributed by atoms with Gasteiger partial charge in [0, 0.05) is 6.42 Å². The van der Waals surface area contributed by atoms with Crippen molar-refractivity contribution in [3.05, 3.63) is 30.2 Å². The first kappa shape index (κ1) is 12.0. The number of nitrogens with zero attached hydrogens (tertiary/aromatic N) is 4. The second kappa shape index (κ2) is 4.82. The summed E-state index contributed by atoms with van der Waals surface area (Å²) in [5.74, 6) is 0.328. The summed E-state index contributed by atoms with van der Waals surface area (Å²) in [6, 6.07) is 0. The zero-order valence-electron chi connectivity index (χ0n) is 10.1. The molecule has 2 N–H and O–H groups in total. The van der Waals surface area contributed by atoms with Crippen LogP contribution >= 0.6 is 0 Å². The summed E-state index contributed by atoms with van der Waals surface area (Å²) < 4.78 is 6.28. The van der Waals surface area contributed by atoms with Crippen molar-refractivity contribution in [3.63, 3.8) is 0 Å². The number of nitrogen functional groups attached to an aromatic ring is 1. The molecule has 18 heavy (non-hydrogen) atoms. The SMILES string of the molecule is CCc1nc(C(=O)OC)c(N)n1-c1cncnc1. The lowest BCUT2D eigenvalue weighted by atomic mass is 10.4. The van der Waals surface area contributed by atoms with E-state index in [1.807, 2.05) is 6.92 Å². The van der Waals surface area contributed by atoms with E-state index >= 15 is 0 Å². The van der Waals surface area contributed by atoms with Gasteiger partial charge in [0.15, 0.2) is 5.69 Å². The normalized spacial score (nSPS) is 10.3. The molecule has 0 saturated heterocycles. The van der Waals surface area contributed by atoms with E-state index in [1.54, 1.807) is 17.0 Å². The number of esters is 1. The van der Waals surface area contributed by atoms with Crippen LogP contribution in [0.15, 0.2) is 18.7 Å². The average molecular weight is 247 g/mol. The molecule has 0 aliphatic rings. The molecule has 2 aromatic heterocycles. The van der Waals surface area contributed by atoms with Gasteiger partial charge in [-0.2, -0.15) is 0 Å². The molecule has 0 aromatic carbocycles. The van der Waals surface area contributed by atoms with Gasteiger partial charge < -0.3 is 10.5 Å². The van der Waals surface area contributed by atoms with Gasteiger partial charge in [-0.25, -0.2) is 19.7 Å². The fraction of sp³-hybridized carbons (Fsp3) is 0.273. The Morgan fingerprint density at radius 3 is 2.67 bits per heavy atom. The standard InChI is InChI=1S/C11H13N5O2/c1-3-8-15-9(11(17)18-2)10(12)16(8)7-4-13-6-14-5-7/h4-6H,3,12H2,1-2H3. The van der Waals surface area contributed by atoms with Gasteiger partial charge in [-0.3, -0.25) is 4.57 Å². The molecule has 7 nitrogen and oxygen atoms in total. The van der Waals surface area contributed by atoms with Crippen LogP contribution in [-0.2, 0) is 11.2 Å². The Bertz CT molecular complexity index is 564. The number of anilines is 1. The molecule has 2 aromatic rings. The van der Waals surface area contributed by atoms with E-state index in [9.17, 15) is 4.79 Å². The van der Waals surface area contributed by atoms with E-state index in [4.69, 9.17) is 5.73 Å². The van der Waals surface area contributed by atoms with E-state index in [0.29, 0.717) is 17.9 Å². The van der Waals surface area contributed by atoms with Gasteiger partial charge in [0.2, 0.25) is 0 Å². The Kier molecular flexibility index (Phi) is 3.22. The number of methoxy groups -OCH3 is 1. The lowest BCUT2D eigenvalue weighted by Crippen LogP contribution is -2.08. The first-order chi connectivity index (χ1) is 8.69. The van der Waals surface area contributed by atoms with Gasteiger partial charge in [0.1, 0.15) is 18.0 Å². The third-order valence-corrected chi connectivity index (χ3v) is 2.48. The number of aromatic nitrogens is 4. The Balaban J connectivity index is 2.60. The maximum Gasteiger partial charge on any atom is 0.360 e. The maximum absolute atomic E-state index is 11.5. The Morgan fingerprint density at radius 1 is 1.44 bits per heavy atom. The molecule has 0 aliphatic heterocycles. The highest BCUT2D eigenvalue weighted by atomic mass is 16.5.